The highest BCUT2D eigenvalue weighted by atomic mass is 16.4. The highest BCUT2D eigenvalue weighted by Gasteiger charge is 2.33. The second-order valence-corrected chi connectivity index (χ2v) is 6.13. The zero-order chi connectivity index (χ0) is 17.1. The molecular weight excluding hydrogens is 306 g/mol. The number of carboxylic acids is 1. The summed E-state index contributed by atoms with van der Waals surface area (Å²) >= 11 is 0. The molecule has 0 spiro atoms. The summed E-state index contributed by atoms with van der Waals surface area (Å²) in [6.07, 6.45) is 1.76. The van der Waals surface area contributed by atoms with Gasteiger partial charge in [0.15, 0.2) is 0 Å². The minimum atomic E-state index is -1.10. The van der Waals surface area contributed by atoms with E-state index in [0.717, 1.165) is 34.3 Å². The van der Waals surface area contributed by atoms with Crippen molar-refractivity contribution in [1.29, 1.82) is 0 Å². The number of benzene rings is 2. The predicted octanol–water partition coefficient (Wildman–Crippen LogP) is 1.29. The Balaban J connectivity index is 1.79. The van der Waals surface area contributed by atoms with E-state index in [-0.39, 0.29) is 18.4 Å². The van der Waals surface area contributed by atoms with Crippen LogP contribution in [0.1, 0.15) is 18.4 Å². The standard InChI is InChI=1S/C18H21N3O3/c19-21(17(22)15-6-3-9-20-15)16(18(23)24)11-12-7-8-13-4-1-2-5-14(13)10-12/h1-2,4-5,7-8,10,15-16,20H,3,6,9,11,19H2,(H,23,24)/t15-,16-/m0/s1. The molecule has 2 aromatic carbocycles. The lowest BCUT2D eigenvalue weighted by Crippen LogP contribution is -2.55. The van der Waals surface area contributed by atoms with Crippen LogP contribution in [-0.4, -0.2) is 40.6 Å². The van der Waals surface area contributed by atoms with Gasteiger partial charge in [0.1, 0.15) is 6.04 Å². The van der Waals surface area contributed by atoms with E-state index in [0.29, 0.717) is 6.42 Å². The number of hydrogen-bond donors (Lipinski definition) is 3. The Morgan fingerprint density at radius 2 is 2.00 bits per heavy atom. The quantitative estimate of drug-likeness (QED) is 0.437. The number of nitrogens with one attached hydrogen (secondary N) is 1. The van der Waals surface area contributed by atoms with Gasteiger partial charge >= 0.3 is 5.97 Å². The third-order valence-electron chi connectivity index (χ3n) is 4.48. The zero-order valence-corrected chi connectivity index (χ0v) is 13.3. The molecule has 1 amide bonds. The van der Waals surface area contributed by atoms with Crippen LogP contribution in [0, 0.1) is 0 Å². The molecule has 1 fully saturated rings. The maximum atomic E-state index is 12.4. The van der Waals surface area contributed by atoms with Crippen LogP contribution in [0.15, 0.2) is 42.5 Å². The minimum Gasteiger partial charge on any atom is -0.480 e. The molecule has 0 bridgehead atoms. The number of amides is 1. The van der Waals surface area contributed by atoms with Crippen LogP contribution in [-0.2, 0) is 16.0 Å². The van der Waals surface area contributed by atoms with Gasteiger partial charge in [0, 0.05) is 6.42 Å². The van der Waals surface area contributed by atoms with E-state index in [2.05, 4.69) is 5.32 Å². The smallest absolute Gasteiger partial charge is 0.328 e. The minimum absolute atomic E-state index is 0.176. The molecule has 3 rings (SSSR count). The number of hydrogen-bond acceptors (Lipinski definition) is 4. The summed E-state index contributed by atoms with van der Waals surface area (Å²) in [7, 11) is 0. The molecule has 0 aromatic heterocycles. The first-order valence-corrected chi connectivity index (χ1v) is 8.08. The molecule has 6 heteroatoms. The van der Waals surface area contributed by atoms with Gasteiger partial charge in [-0.15, -0.1) is 0 Å². The number of carboxylic acid groups (broad SMARTS) is 1. The van der Waals surface area contributed by atoms with Crippen molar-refractivity contribution in [2.75, 3.05) is 6.54 Å². The number of carbonyl (C=O) groups is 2. The van der Waals surface area contributed by atoms with Gasteiger partial charge in [-0.1, -0.05) is 42.5 Å². The molecular formula is C18H21N3O3. The van der Waals surface area contributed by atoms with Crippen molar-refractivity contribution in [3.8, 4) is 0 Å². The Bertz CT molecular complexity index is 756. The highest BCUT2D eigenvalue weighted by Crippen LogP contribution is 2.18. The van der Waals surface area contributed by atoms with Crippen molar-refractivity contribution in [2.45, 2.75) is 31.3 Å². The second-order valence-electron chi connectivity index (χ2n) is 6.13. The van der Waals surface area contributed by atoms with Gasteiger partial charge in [-0.3, -0.25) is 9.80 Å². The Hall–Kier alpha value is -2.44. The number of fused-ring (bicyclic) bond motifs is 1. The summed E-state index contributed by atoms with van der Waals surface area (Å²) in [4.78, 5) is 24.0. The lowest BCUT2D eigenvalue weighted by atomic mass is 10.0. The van der Waals surface area contributed by atoms with E-state index in [1.165, 1.54) is 0 Å². The topological polar surface area (TPSA) is 95.7 Å². The molecule has 0 aliphatic carbocycles. The predicted molar refractivity (Wildman–Crippen MR) is 91.1 cm³/mol. The van der Waals surface area contributed by atoms with Crippen molar-refractivity contribution in [3.63, 3.8) is 0 Å². The molecule has 24 heavy (non-hydrogen) atoms. The number of nitrogens with two attached hydrogens (primary N) is 1. The first-order chi connectivity index (χ1) is 11.6. The van der Waals surface area contributed by atoms with Crippen LogP contribution < -0.4 is 11.2 Å². The van der Waals surface area contributed by atoms with E-state index < -0.39 is 12.0 Å². The van der Waals surface area contributed by atoms with Crippen molar-refractivity contribution >= 4 is 22.6 Å². The molecule has 2 aromatic rings. The molecule has 1 saturated heterocycles. The third kappa shape index (κ3) is 3.39. The second kappa shape index (κ2) is 6.98. The molecule has 6 nitrogen and oxygen atoms in total. The Kier molecular flexibility index (Phi) is 4.78. The van der Waals surface area contributed by atoms with Crippen molar-refractivity contribution < 1.29 is 14.7 Å². The number of nitrogens with zero attached hydrogens (tertiary/aromatic N) is 1. The van der Waals surface area contributed by atoms with E-state index in [1.807, 2.05) is 42.5 Å². The first kappa shape index (κ1) is 16.4. The summed E-state index contributed by atoms with van der Waals surface area (Å²) in [6.45, 7) is 0.757. The molecule has 1 heterocycles. The van der Waals surface area contributed by atoms with Crippen LogP contribution in [0.3, 0.4) is 0 Å². The average molecular weight is 327 g/mol. The van der Waals surface area contributed by atoms with E-state index in [9.17, 15) is 14.7 Å². The summed E-state index contributed by atoms with van der Waals surface area (Å²) < 4.78 is 0. The zero-order valence-electron chi connectivity index (χ0n) is 13.3. The average Bonchev–Trinajstić information content (AvgIpc) is 3.12. The van der Waals surface area contributed by atoms with Gasteiger partial charge < -0.3 is 10.4 Å². The normalized spacial score (nSPS) is 18.5. The van der Waals surface area contributed by atoms with Crippen LogP contribution in [0.25, 0.3) is 10.8 Å². The lowest BCUT2D eigenvalue weighted by molar-refractivity contribution is -0.151. The van der Waals surface area contributed by atoms with Crippen molar-refractivity contribution in [3.05, 3.63) is 48.0 Å². The number of rotatable bonds is 5. The molecule has 0 radical (unpaired) electrons. The Labute approximate surface area is 140 Å². The Morgan fingerprint density at radius 1 is 1.25 bits per heavy atom. The monoisotopic (exact) mass is 327 g/mol. The van der Waals surface area contributed by atoms with Crippen LogP contribution in [0.2, 0.25) is 0 Å². The molecule has 0 unspecified atom stereocenters. The molecule has 1 aliphatic rings. The highest BCUT2D eigenvalue weighted by molar-refractivity contribution is 5.87. The van der Waals surface area contributed by atoms with E-state index >= 15 is 0 Å². The van der Waals surface area contributed by atoms with Crippen LogP contribution >= 0.6 is 0 Å². The van der Waals surface area contributed by atoms with Gasteiger partial charge in [-0.05, 0) is 35.7 Å². The lowest BCUT2D eigenvalue weighted by Gasteiger charge is -2.26. The summed E-state index contributed by atoms with van der Waals surface area (Å²) in [5.74, 6) is 4.41. The maximum absolute atomic E-state index is 12.4. The third-order valence-corrected chi connectivity index (χ3v) is 4.48. The number of carbonyl (C=O) groups excluding carboxylic acids is 1. The van der Waals surface area contributed by atoms with Gasteiger partial charge in [0.25, 0.3) is 5.91 Å². The van der Waals surface area contributed by atoms with Gasteiger partial charge in [-0.25, -0.2) is 10.6 Å². The largest absolute Gasteiger partial charge is 0.480 e. The molecule has 2 atom stereocenters. The van der Waals surface area contributed by atoms with Crippen molar-refractivity contribution in [2.24, 2.45) is 5.84 Å². The molecule has 1 aliphatic heterocycles. The van der Waals surface area contributed by atoms with Gasteiger partial charge in [-0.2, -0.15) is 0 Å². The Morgan fingerprint density at radius 3 is 2.67 bits per heavy atom. The SMILES string of the molecule is NN(C(=O)[C@@H]1CCCN1)[C@@H](Cc1ccc2ccccc2c1)C(=O)O. The maximum Gasteiger partial charge on any atom is 0.328 e. The number of aliphatic carboxylic acids is 1. The van der Waals surface area contributed by atoms with E-state index in [4.69, 9.17) is 5.84 Å². The molecule has 126 valence electrons. The van der Waals surface area contributed by atoms with Gasteiger partial charge in [0.2, 0.25) is 0 Å². The fraction of sp³-hybridized carbons (Fsp3) is 0.333. The molecule has 0 saturated carbocycles. The summed E-state index contributed by atoms with van der Waals surface area (Å²) in [6, 6.07) is 12.2. The molecule has 4 N–H and O–H groups in total. The summed E-state index contributed by atoms with van der Waals surface area (Å²) in [5.41, 5.74) is 0.837. The number of hydrazine groups is 1. The first-order valence-electron chi connectivity index (χ1n) is 8.08. The summed E-state index contributed by atoms with van der Waals surface area (Å²) in [5, 5.41) is 15.6. The van der Waals surface area contributed by atoms with Crippen molar-refractivity contribution in [1.82, 2.24) is 10.3 Å². The van der Waals surface area contributed by atoms with Gasteiger partial charge in [0.05, 0.1) is 6.04 Å². The van der Waals surface area contributed by atoms with E-state index in [1.54, 1.807) is 0 Å². The fourth-order valence-electron chi connectivity index (χ4n) is 3.12. The van der Waals surface area contributed by atoms with Crippen LogP contribution in [0.5, 0.6) is 0 Å². The van der Waals surface area contributed by atoms with Crippen LogP contribution in [0.4, 0.5) is 0 Å². The fourth-order valence-corrected chi connectivity index (χ4v) is 3.12.